The Kier molecular flexibility index (Phi) is 57.4. The van der Waals surface area contributed by atoms with Crippen molar-refractivity contribution in [1.29, 1.82) is 0 Å². The Morgan fingerprint density at radius 1 is 0.284 bits per heavy atom. The van der Waals surface area contributed by atoms with Crippen molar-refractivity contribution in [2.24, 2.45) is 0 Å². The van der Waals surface area contributed by atoms with Crippen LogP contribution in [0.1, 0.15) is 258 Å². The van der Waals surface area contributed by atoms with Gasteiger partial charge >= 0.3 is 17.9 Å². The van der Waals surface area contributed by atoms with Gasteiger partial charge in [0.05, 0.1) is 0 Å². The summed E-state index contributed by atoms with van der Waals surface area (Å²) in [6.07, 6.45) is 86.0. The standard InChI is InChI=1S/C68H110O6/c1-4-7-10-13-16-19-22-25-28-30-32-33-34-35-37-38-40-43-46-49-52-55-58-61-67(70)73-64-65(63-72-66(69)60-57-54-51-48-45-42-27-24-21-18-15-12-9-6-3)74-68(71)62-59-56-53-50-47-44-41-39-36-31-29-26-23-20-17-14-11-8-5-2/h8,11,15,17-18,20,22,24-27,29-30,32,34-36,39,44,47,53,56,65H,4-7,9-10,12-14,16,19,21,23,28,31,33,37-38,40-43,45-46,48-52,54-55,57-64H2,1-3H3/b11-8-,18-15-,20-17-,25-22-,27-24-,29-26-,32-30-,35-34-,39-36-,47-44-,56-53-. The zero-order chi connectivity index (χ0) is 53.6. The molecule has 6 nitrogen and oxygen atoms in total. The first-order valence-corrected chi connectivity index (χ1v) is 30.2. The third kappa shape index (κ3) is 58.4. The first-order chi connectivity index (χ1) is 36.5. The number of allylic oxidation sites excluding steroid dienone is 22. The molecule has 0 aromatic carbocycles. The molecule has 0 N–H and O–H groups in total. The molecule has 0 saturated heterocycles. The molecule has 0 heterocycles. The molecule has 0 spiro atoms. The van der Waals surface area contributed by atoms with Gasteiger partial charge in [-0.1, -0.05) is 251 Å². The molecule has 0 aliphatic rings. The third-order valence-electron chi connectivity index (χ3n) is 12.4. The lowest BCUT2D eigenvalue weighted by Crippen LogP contribution is -2.30. The Bertz CT molecular complexity index is 1600. The van der Waals surface area contributed by atoms with E-state index in [-0.39, 0.29) is 31.6 Å². The molecule has 1 atom stereocenters. The van der Waals surface area contributed by atoms with E-state index < -0.39 is 12.1 Å². The van der Waals surface area contributed by atoms with Crippen LogP contribution in [0.15, 0.2) is 134 Å². The normalized spacial score (nSPS) is 13.1. The molecule has 0 amide bonds. The van der Waals surface area contributed by atoms with Crippen molar-refractivity contribution in [3.8, 4) is 0 Å². The number of rotatable bonds is 53. The summed E-state index contributed by atoms with van der Waals surface area (Å²) in [5.74, 6) is -1.03. The molecule has 1 unspecified atom stereocenters. The molecule has 0 aromatic heterocycles. The maximum atomic E-state index is 12.8. The Morgan fingerprint density at radius 2 is 0.568 bits per heavy atom. The summed E-state index contributed by atoms with van der Waals surface area (Å²) in [5, 5.41) is 0. The molecular formula is C68H110O6. The van der Waals surface area contributed by atoms with Gasteiger partial charge in [-0.25, -0.2) is 0 Å². The third-order valence-corrected chi connectivity index (χ3v) is 12.4. The Balaban J connectivity index is 4.51. The second-order valence-corrected chi connectivity index (χ2v) is 19.5. The van der Waals surface area contributed by atoms with E-state index in [0.29, 0.717) is 19.3 Å². The fraction of sp³-hybridized carbons (Fsp3) is 0.632. The molecule has 0 aliphatic heterocycles. The number of hydrogen-bond acceptors (Lipinski definition) is 6. The zero-order valence-electron chi connectivity index (χ0n) is 47.8. The monoisotopic (exact) mass is 1020 g/mol. The highest BCUT2D eigenvalue weighted by Gasteiger charge is 2.19. The molecule has 0 saturated carbocycles. The summed E-state index contributed by atoms with van der Waals surface area (Å²) in [7, 11) is 0. The van der Waals surface area contributed by atoms with Crippen LogP contribution in [-0.2, 0) is 28.6 Å². The first kappa shape index (κ1) is 69.5. The van der Waals surface area contributed by atoms with Gasteiger partial charge in [0, 0.05) is 19.3 Å². The molecule has 0 aromatic rings. The van der Waals surface area contributed by atoms with E-state index in [9.17, 15) is 14.4 Å². The van der Waals surface area contributed by atoms with E-state index in [2.05, 4.69) is 142 Å². The van der Waals surface area contributed by atoms with E-state index in [1.54, 1.807) is 0 Å². The molecule has 74 heavy (non-hydrogen) atoms. The lowest BCUT2D eigenvalue weighted by molar-refractivity contribution is -0.166. The smallest absolute Gasteiger partial charge is 0.306 e. The number of carbonyl (C=O) groups excluding carboxylic acids is 3. The van der Waals surface area contributed by atoms with Crippen molar-refractivity contribution in [3.05, 3.63) is 134 Å². The predicted molar refractivity (Wildman–Crippen MR) is 320 cm³/mol. The fourth-order valence-electron chi connectivity index (χ4n) is 7.84. The SMILES string of the molecule is CC/C=C\C/C=C\C/C=C\C/C=C\C/C=C\C/C=C\CCC(=O)OC(COC(=O)CCCCCCC/C=C\C/C=C\CCCC)COC(=O)CCCCCCCCCC/C=C\C/C=C\C/C=C\CCCCCCC. The minimum Gasteiger partial charge on any atom is -0.462 e. The maximum Gasteiger partial charge on any atom is 0.306 e. The minimum atomic E-state index is -0.833. The Labute approximate surface area is 455 Å². The van der Waals surface area contributed by atoms with Gasteiger partial charge in [0.25, 0.3) is 0 Å². The summed E-state index contributed by atoms with van der Waals surface area (Å²) in [6, 6.07) is 0. The van der Waals surface area contributed by atoms with Crippen LogP contribution in [0.4, 0.5) is 0 Å². The summed E-state index contributed by atoms with van der Waals surface area (Å²) in [6.45, 7) is 6.39. The van der Waals surface area contributed by atoms with E-state index >= 15 is 0 Å². The molecule has 0 fully saturated rings. The molecule has 0 radical (unpaired) electrons. The van der Waals surface area contributed by atoms with Gasteiger partial charge in [-0.05, 0) is 122 Å². The van der Waals surface area contributed by atoms with Crippen LogP contribution in [0.2, 0.25) is 0 Å². The number of hydrogen-bond donors (Lipinski definition) is 0. The van der Waals surface area contributed by atoms with Crippen LogP contribution < -0.4 is 0 Å². The average molecular weight is 1020 g/mol. The van der Waals surface area contributed by atoms with Gasteiger partial charge in [-0.2, -0.15) is 0 Å². The van der Waals surface area contributed by atoms with E-state index in [1.807, 2.05) is 12.2 Å². The van der Waals surface area contributed by atoms with Crippen LogP contribution in [-0.4, -0.2) is 37.2 Å². The zero-order valence-corrected chi connectivity index (χ0v) is 47.8. The lowest BCUT2D eigenvalue weighted by Gasteiger charge is -2.18. The van der Waals surface area contributed by atoms with Gasteiger partial charge in [0.1, 0.15) is 13.2 Å². The van der Waals surface area contributed by atoms with Crippen LogP contribution in [0.3, 0.4) is 0 Å². The number of carbonyl (C=O) groups is 3. The highest BCUT2D eigenvalue weighted by Crippen LogP contribution is 2.14. The highest BCUT2D eigenvalue weighted by atomic mass is 16.6. The summed E-state index contributed by atoms with van der Waals surface area (Å²) < 4.78 is 16.8. The largest absolute Gasteiger partial charge is 0.462 e. The highest BCUT2D eigenvalue weighted by molar-refractivity contribution is 5.71. The van der Waals surface area contributed by atoms with Crippen molar-refractivity contribution < 1.29 is 28.6 Å². The minimum absolute atomic E-state index is 0.121. The molecule has 0 rings (SSSR count). The molecular weight excluding hydrogens is 913 g/mol. The van der Waals surface area contributed by atoms with Crippen molar-refractivity contribution >= 4 is 17.9 Å². The predicted octanol–water partition coefficient (Wildman–Crippen LogP) is 20.6. The molecule has 0 aliphatic carbocycles. The van der Waals surface area contributed by atoms with Gasteiger partial charge in [0.2, 0.25) is 0 Å². The Hall–Kier alpha value is -4.45. The summed E-state index contributed by atoms with van der Waals surface area (Å²) in [4.78, 5) is 38.2. The van der Waals surface area contributed by atoms with Crippen LogP contribution in [0, 0.1) is 0 Å². The van der Waals surface area contributed by atoms with Gasteiger partial charge in [0.15, 0.2) is 6.10 Å². The second-order valence-electron chi connectivity index (χ2n) is 19.5. The quantitative estimate of drug-likeness (QED) is 0.0261. The van der Waals surface area contributed by atoms with Crippen molar-refractivity contribution in [1.82, 2.24) is 0 Å². The van der Waals surface area contributed by atoms with Gasteiger partial charge < -0.3 is 14.2 Å². The number of unbranched alkanes of at least 4 members (excludes halogenated alkanes) is 20. The van der Waals surface area contributed by atoms with Gasteiger partial charge in [-0.3, -0.25) is 14.4 Å². The van der Waals surface area contributed by atoms with Crippen molar-refractivity contribution in [2.75, 3.05) is 13.2 Å². The summed E-state index contributed by atoms with van der Waals surface area (Å²) in [5.41, 5.74) is 0. The van der Waals surface area contributed by atoms with E-state index in [0.717, 1.165) is 122 Å². The molecule has 418 valence electrons. The molecule has 6 heteroatoms. The Morgan fingerprint density at radius 3 is 0.919 bits per heavy atom. The van der Waals surface area contributed by atoms with Crippen molar-refractivity contribution in [2.45, 2.75) is 264 Å². The number of ether oxygens (including phenoxy) is 3. The van der Waals surface area contributed by atoms with Crippen molar-refractivity contribution in [3.63, 3.8) is 0 Å². The lowest BCUT2D eigenvalue weighted by atomic mass is 10.1. The van der Waals surface area contributed by atoms with Crippen LogP contribution in [0.25, 0.3) is 0 Å². The molecule has 0 bridgehead atoms. The average Bonchev–Trinajstić information content (AvgIpc) is 3.40. The topological polar surface area (TPSA) is 78.9 Å². The first-order valence-electron chi connectivity index (χ1n) is 30.2. The summed E-state index contributed by atoms with van der Waals surface area (Å²) >= 11 is 0. The fourth-order valence-corrected chi connectivity index (χ4v) is 7.84. The number of esters is 3. The van der Waals surface area contributed by atoms with Crippen LogP contribution in [0.5, 0.6) is 0 Å². The van der Waals surface area contributed by atoms with Crippen LogP contribution >= 0.6 is 0 Å². The van der Waals surface area contributed by atoms with E-state index in [4.69, 9.17) is 14.2 Å². The van der Waals surface area contributed by atoms with Gasteiger partial charge in [-0.15, -0.1) is 0 Å². The second kappa shape index (κ2) is 61.1. The van der Waals surface area contributed by atoms with E-state index in [1.165, 1.54) is 89.9 Å². The maximum absolute atomic E-state index is 12.8.